The summed E-state index contributed by atoms with van der Waals surface area (Å²) in [5.41, 5.74) is 3.55. The van der Waals surface area contributed by atoms with Crippen molar-refractivity contribution in [2.24, 2.45) is 5.10 Å². The van der Waals surface area contributed by atoms with Gasteiger partial charge in [0.25, 0.3) is 0 Å². The summed E-state index contributed by atoms with van der Waals surface area (Å²) in [6, 6.07) is 4.99. The Labute approximate surface area is 125 Å². The maximum Gasteiger partial charge on any atom is 0.186 e. The van der Waals surface area contributed by atoms with Crippen LogP contribution in [0.3, 0.4) is 0 Å². The maximum absolute atomic E-state index is 9.47. The van der Waals surface area contributed by atoms with E-state index in [1.165, 1.54) is 20.0 Å². The summed E-state index contributed by atoms with van der Waals surface area (Å²) in [6.45, 7) is 3.01. The van der Waals surface area contributed by atoms with E-state index >= 15 is 0 Å². The number of ether oxygens (including phenoxy) is 1. The van der Waals surface area contributed by atoms with Crippen molar-refractivity contribution in [3.63, 3.8) is 0 Å². The first-order chi connectivity index (χ1) is 9.67. The van der Waals surface area contributed by atoms with Crippen LogP contribution < -0.4 is 15.5 Å². The summed E-state index contributed by atoms with van der Waals surface area (Å²) in [5, 5.41) is 17.1. The number of phenolic OH excluding ortho intramolecular Hbond substituents is 1. The Bertz CT molecular complexity index is 464. The second kappa shape index (κ2) is 9.14. The maximum atomic E-state index is 9.47. The average Bonchev–Trinajstić information content (AvgIpc) is 2.45. The van der Waals surface area contributed by atoms with Crippen molar-refractivity contribution in [1.29, 1.82) is 0 Å². The zero-order valence-corrected chi connectivity index (χ0v) is 12.7. The zero-order chi connectivity index (χ0) is 14.8. The number of hydrogen-bond donors (Lipinski definition) is 3. The fourth-order valence-corrected chi connectivity index (χ4v) is 1.71. The van der Waals surface area contributed by atoms with E-state index in [-0.39, 0.29) is 5.75 Å². The predicted molar refractivity (Wildman–Crippen MR) is 85.5 cm³/mol. The molecular formula is C14H21N3O2S. The van der Waals surface area contributed by atoms with Crippen LogP contribution in [0.1, 0.15) is 31.7 Å². The SMILES string of the molecule is CCCCCNC(=S)N/N=C/c1ccc(O)c(OC)c1. The molecule has 0 amide bonds. The zero-order valence-electron chi connectivity index (χ0n) is 11.8. The molecule has 0 saturated heterocycles. The van der Waals surface area contributed by atoms with Crippen LogP contribution in [0.25, 0.3) is 0 Å². The largest absolute Gasteiger partial charge is 0.504 e. The first-order valence-corrected chi connectivity index (χ1v) is 7.02. The lowest BCUT2D eigenvalue weighted by Gasteiger charge is -2.06. The number of unbranched alkanes of at least 4 members (excludes halogenated alkanes) is 2. The molecule has 0 atom stereocenters. The molecule has 0 aliphatic rings. The predicted octanol–water partition coefficient (Wildman–Crippen LogP) is 2.39. The van der Waals surface area contributed by atoms with E-state index in [2.05, 4.69) is 22.8 Å². The summed E-state index contributed by atoms with van der Waals surface area (Å²) in [6.07, 6.45) is 5.08. The third kappa shape index (κ3) is 5.88. The number of methoxy groups -OCH3 is 1. The van der Waals surface area contributed by atoms with Gasteiger partial charge in [0.05, 0.1) is 13.3 Å². The highest BCUT2D eigenvalue weighted by Crippen LogP contribution is 2.25. The summed E-state index contributed by atoms with van der Waals surface area (Å²) < 4.78 is 5.02. The Morgan fingerprint density at radius 3 is 2.95 bits per heavy atom. The van der Waals surface area contributed by atoms with Crippen LogP contribution in [0.4, 0.5) is 0 Å². The van der Waals surface area contributed by atoms with Gasteiger partial charge in [-0.15, -0.1) is 0 Å². The molecule has 1 aromatic rings. The number of aromatic hydroxyl groups is 1. The molecule has 110 valence electrons. The molecule has 20 heavy (non-hydrogen) atoms. The van der Waals surface area contributed by atoms with Gasteiger partial charge in [-0.05, 0) is 42.4 Å². The second-order valence-corrected chi connectivity index (χ2v) is 4.67. The minimum absolute atomic E-state index is 0.103. The summed E-state index contributed by atoms with van der Waals surface area (Å²) in [4.78, 5) is 0. The molecule has 0 saturated carbocycles. The lowest BCUT2D eigenvalue weighted by atomic mass is 10.2. The number of rotatable bonds is 7. The average molecular weight is 295 g/mol. The Morgan fingerprint density at radius 2 is 2.25 bits per heavy atom. The third-order valence-corrected chi connectivity index (χ3v) is 2.89. The molecule has 1 aromatic carbocycles. The van der Waals surface area contributed by atoms with Gasteiger partial charge in [0, 0.05) is 6.54 Å². The molecule has 0 bridgehead atoms. The van der Waals surface area contributed by atoms with Crippen molar-refractivity contribution < 1.29 is 9.84 Å². The van der Waals surface area contributed by atoms with E-state index in [9.17, 15) is 5.11 Å². The monoisotopic (exact) mass is 295 g/mol. The van der Waals surface area contributed by atoms with Crippen LogP contribution in [0.5, 0.6) is 11.5 Å². The number of phenols is 1. The first-order valence-electron chi connectivity index (χ1n) is 6.61. The number of benzene rings is 1. The van der Waals surface area contributed by atoms with Crippen LogP contribution >= 0.6 is 12.2 Å². The summed E-state index contributed by atoms with van der Waals surface area (Å²) in [7, 11) is 1.50. The number of thiocarbonyl (C=S) groups is 1. The molecule has 5 nitrogen and oxygen atoms in total. The van der Waals surface area contributed by atoms with E-state index in [1.54, 1.807) is 24.4 Å². The number of nitrogens with one attached hydrogen (secondary N) is 2. The Hall–Kier alpha value is -1.82. The topological polar surface area (TPSA) is 65.9 Å². The van der Waals surface area contributed by atoms with Gasteiger partial charge >= 0.3 is 0 Å². The van der Waals surface area contributed by atoms with Crippen molar-refractivity contribution in [2.75, 3.05) is 13.7 Å². The van der Waals surface area contributed by atoms with Gasteiger partial charge in [0.15, 0.2) is 16.6 Å². The Kier molecular flexibility index (Phi) is 7.42. The normalized spacial score (nSPS) is 10.5. The van der Waals surface area contributed by atoms with Gasteiger partial charge in [-0.3, -0.25) is 5.43 Å². The quantitative estimate of drug-likeness (QED) is 0.312. The first kappa shape index (κ1) is 16.2. The molecule has 0 aromatic heterocycles. The highest BCUT2D eigenvalue weighted by Gasteiger charge is 2.00. The summed E-state index contributed by atoms with van der Waals surface area (Å²) in [5.74, 6) is 0.514. The summed E-state index contributed by atoms with van der Waals surface area (Å²) >= 11 is 5.09. The van der Waals surface area contributed by atoms with Crippen molar-refractivity contribution in [3.05, 3.63) is 23.8 Å². The van der Waals surface area contributed by atoms with Crippen molar-refractivity contribution in [3.8, 4) is 11.5 Å². The molecule has 1 rings (SSSR count). The molecule has 6 heteroatoms. The van der Waals surface area contributed by atoms with E-state index < -0.39 is 0 Å². The van der Waals surface area contributed by atoms with Gasteiger partial charge in [0.1, 0.15) is 0 Å². The number of hydrogen-bond acceptors (Lipinski definition) is 4. The molecule has 0 aliphatic carbocycles. The van der Waals surface area contributed by atoms with Gasteiger partial charge in [-0.2, -0.15) is 5.10 Å². The minimum Gasteiger partial charge on any atom is -0.504 e. The highest BCUT2D eigenvalue weighted by molar-refractivity contribution is 7.80. The van der Waals surface area contributed by atoms with Crippen LogP contribution in [-0.2, 0) is 0 Å². The molecule has 0 unspecified atom stereocenters. The fraction of sp³-hybridized carbons (Fsp3) is 0.429. The van der Waals surface area contributed by atoms with E-state index in [4.69, 9.17) is 17.0 Å². The van der Waals surface area contributed by atoms with E-state index in [0.29, 0.717) is 10.9 Å². The van der Waals surface area contributed by atoms with Crippen molar-refractivity contribution >= 4 is 23.5 Å². The minimum atomic E-state index is 0.103. The van der Waals surface area contributed by atoms with Crippen LogP contribution in [-0.4, -0.2) is 30.1 Å². The number of hydrazone groups is 1. The smallest absolute Gasteiger partial charge is 0.186 e. The Morgan fingerprint density at radius 1 is 1.45 bits per heavy atom. The molecule has 0 heterocycles. The van der Waals surface area contributed by atoms with Gasteiger partial charge in [-0.1, -0.05) is 19.8 Å². The van der Waals surface area contributed by atoms with Gasteiger partial charge < -0.3 is 15.2 Å². The van der Waals surface area contributed by atoms with Crippen LogP contribution in [0, 0.1) is 0 Å². The fourth-order valence-electron chi connectivity index (χ4n) is 1.56. The highest BCUT2D eigenvalue weighted by atomic mass is 32.1. The molecule has 3 N–H and O–H groups in total. The molecule has 0 aliphatic heterocycles. The van der Waals surface area contributed by atoms with Gasteiger partial charge in [-0.25, -0.2) is 0 Å². The van der Waals surface area contributed by atoms with E-state index in [0.717, 1.165) is 18.5 Å². The molecule has 0 spiro atoms. The number of nitrogens with zero attached hydrogens (tertiary/aromatic N) is 1. The van der Waals surface area contributed by atoms with Crippen molar-refractivity contribution in [1.82, 2.24) is 10.7 Å². The van der Waals surface area contributed by atoms with Gasteiger partial charge in [0.2, 0.25) is 0 Å². The Balaban J connectivity index is 2.38. The molecule has 0 fully saturated rings. The van der Waals surface area contributed by atoms with Crippen molar-refractivity contribution in [2.45, 2.75) is 26.2 Å². The molecule has 0 radical (unpaired) electrons. The lowest BCUT2D eigenvalue weighted by Crippen LogP contribution is -2.32. The second-order valence-electron chi connectivity index (χ2n) is 4.26. The van der Waals surface area contributed by atoms with E-state index in [1.807, 2.05) is 0 Å². The third-order valence-electron chi connectivity index (χ3n) is 2.65. The standard InChI is InChI=1S/C14H21N3O2S/c1-3-4-5-8-15-14(20)17-16-10-11-6-7-12(18)13(9-11)19-2/h6-7,9-10,18H,3-5,8H2,1-2H3,(H2,15,17,20)/b16-10+. The lowest BCUT2D eigenvalue weighted by molar-refractivity contribution is 0.373. The molecular weight excluding hydrogens is 274 g/mol. The van der Waals surface area contributed by atoms with Crippen LogP contribution in [0.2, 0.25) is 0 Å². The van der Waals surface area contributed by atoms with Crippen LogP contribution in [0.15, 0.2) is 23.3 Å².